The molecular formula is C25H22F3NO3. The number of carbonyl (C=O) groups excluding carboxylic acids is 1. The van der Waals surface area contributed by atoms with Crippen molar-refractivity contribution in [3.63, 3.8) is 0 Å². The van der Waals surface area contributed by atoms with Crippen LogP contribution in [0, 0.1) is 0 Å². The SMILES string of the molecule is CC1(C)Cc2cccc(OCc3ccc(C(=O)Nc4ccc(C(F)(F)F)cc4)cc3)c2O1. The summed E-state index contributed by atoms with van der Waals surface area (Å²) < 4.78 is 49.9. The highest BCUT2D eigenvalue weighted by molar-refractivity contribution is 6.04. The van der Waals surface area contributed by atoms with Gasteiger partial charge < -0.3 is 14.8 Å². The number of hydrogen-bond acceptors (Lipinski definition) is 3. The first kappa shape index (κ1) is 21.7. The van der Waals surface area contributed by atoms with Gasteiger partial charge >= 0.3 is 6.18 Å². The highest BCUT2D eigenvalue weighted by Gasteiger charge is 2.32. The third-order valence-corrected chi connectivity index (χ3v) is 5.14. The van der Waals surface area contributed by atoms with E-state index in [1.54, 1.807) is 24.3 Å². The molecule has 0 aliphatic carbocycles. The number of rotatable bonds is 5. The molecule has 0 unspecified atom stereocenters. The van der Waals surface area contributed by atoms with E-state index in [1.807, 2.05) is 32.0 Å². The third-order valence-electron chi connectivity index (χ3n) is 5.14. The number of halogens is 3. The van der Waals surface area contributed by atoms with Crippen molar-refractivity contribution in [2.75, 3.05) is 5.32 Å². The summed E-state index contributed by atoms with van der Waals surface area (Å²) in [6, 6.07) is 17.0. The minimum Gasteiger partial charge on any atom is -0.485 e. The monoisotopic (exact) mass is 441 g/mol. The van der Waals surface area contributed by atoms with Gasteiger partial charge in [0, 0.05) is 23.2 Å². The van der Waals surface area contributed by atoms with E-state index in [0.29, 0.717) is 17.9 Å². The van der Waals surface area contributed by atoms with Gasteiger partial charge in [-0.3, -0.25) is 4.79 Å². The van der Waals surface area contributed by atoms with Crippen LogP contribution in [-0.4, -0.2) is 11.5 Å². The molecular weight excluding hydrogens is 419 g/mol. The molecule has 0 aromatic heterocycles. The van der Waals surface area contributed by atoms with Crippen molar-refractivity contribution in [2.45, 2.75) is 38.7 Å². The maximum Gasteiger partial charge on any atom is 0.416 e. The molecule has 4 nitrogen and oxygen atoms in total. The summed E-state index contributed by atoms with van der Waals surface area (Å²) in [7, 11) is 0. The second-order valence-corrected chi connectivity index (χ2v) is 8.30. The Morgan fingerprint density at radius 3 is 2.38 bits per heavy atom. The van der Waals surface area contributed by atoms with Crippen molar-refractivity contribution in [3.05, 3.63) is 89.0 Å². The first-order valence-corrected chi connectivity index (χ1v) is 10.1. The molecule has 0 spiro atoms. The lowest BCUT2D eigenvalue weighted by molar-refractivity contribution is -0.137. The predicted molar refractivity (Wildman–Crippen MR) is 115 cm³/mol. The topological polar surface area (TPSA) is 47.6 Å². The molecule has 0 bridgehead atoms. The number of alkyl halides is 3. The molecule has 0 saturated carbocycles. The normalized spacial score (nSPS) is 14.4. The molecule has 7 heteroatoms. The summed E-state index contributed by atoms with van der Waals surface area (Å²) in [4.78, 5) is 12.4. The van der Waals surface area contributed by atoms with Gasteiger partial charge in [-0.05, 0) is 61.9 Å². The Morgan fingerprint density at radius 2 is 1.72 bits per heavy atom. The van der Waals surface area contributed by atoms with Crippen LogP contribution in [0.4, 0.5) is 18.9 Å². The molecule has 1 aliphatic rings. The Labute approximate surface area is 184 Å². The lowest BCUT2D eigenvalue weighted by Gasteiger charge is -2.18. The van der Waals surface area contributed by atoms with E-state index in [4.69, 9.17) is 9.47 Å². The fraction of sp³-hybridized carbons (Fsp3) is 0.240. The lowest BCUT2D eigenvalue weighted by atomic mass is 10.0. The third kappa shape index (κ3) is 4.88. The van der Waals surface area contributed by atoms with Crippen molar-refractivity contribution >= 4 is 11.6 Å². The molecule has 0 radical (unpaired) electrons. The Bertz CT molecular complexity index is 1120. The molecule has 1 N–H and O–H groups in total. The molecule has 1 heterocycles. The maximum absolute atomic E-state index is 12.7. The Hall–Kier alpha value is -3.48. The zero-order valence-corrected chi connectivity index (χ0v) is 17.6. The highest BCUT2D eigenvalue weighted by Crippen LogP contribution is 2.42. The van der Waals surface area contributed by atoms with Crippen LogP contribution < -0.4 is 14.8 Å². The summed E-state index contributed by atoms with van der Waals surface area (Å²) in [6.07, 6.45) is -3.59. The van der Waals surface area contributed by atoms with Crippen LogP contribution in [-0.2, 0) is 19.2 Å². The number of benzene rings is 3. The number of ether oxygens (including phenoxy) is 2. The van der Waals surface area contributed by atoms with Gasteiger partial charge in [-0.2, -0.15) is 13.2 Å². The molecule has 3 aromatic carbocycles. The van der Waals surface area contributed by atoms with E-state index in [1.165, 1.54) is 12.1 Å². The van der Waals surface area contributed by atoms with E-state index in [0.717, 1.165) is 35.4 Å². The van der Waals surface area contributed by atoms with E-state index < -0.39 is 17.6 Å². The Kier molecular flexibility index (Phi) is 5.59. The summed E-state index contributed by atoms with van der Waals surface area (Å²) in [6.45, 7) is 4.37. The van der Waals surface area contributed by atoms with Gasteiger partial charge in [-0.1, -0.05) is 24.3 Å². The summed E-state index contributed by atoms with van der Waals surface area (Å²) >= 11 is 0. The van der Waals surface area contributed by atoms with E-state index >= 15 is 0 Å². The lowest BCUT2D eigenvalue weighted by Crippen LogP contribution is -2.24. The van der Waals surface area contributed by atoms with Crippen LogP contribution in [0.15, 0.2) is 66.7 Å². The summed E-state index contributed by atoms with van der Waals surface area (Å²) in [5, 5.41) is 2.60. The molecule has 1 aliphatic heterocycles. The van der Waals surface area contributed by atoms with Gasteiger partial charge in [0.1, 0.15) is 12.2 Å². The van der Waals surface area contributed by atoms with Crippen molar-refractivity contribution in [1.29, 1.82) is 0 Å². The average Bonchev–Trinajstić information content (AvgIpc) is 3.06. The van der Waals surface area contributed by atoms with Crippen LogP contribution in [0.5, 0.6) is 11.5 Å². The average molecular weight is 441 g/mol. The smallest absolute Gasteiger partial charge is 0.416 e. The summed E-state index contributed by atoms with van der Waals surface area (Å²) in [5.74, 6) is 1.04. The molecule has 0 saturated heterocycles. The second kappa shape index (κ2) is 8.22. The fourth-order valence-electron chi connectivity index (χ4n) is 3.56. The number of nitrogens with one attached hydrogen (secondary N) is 1. The molecule has 0 fully saturated rings. The molecule has 166 valence electrons. The van der Waals surface area contributed by atoms with Gasteiger partial charge in [-0.25, -0.2) is 0 Å². The largest absolute Gasteiger partial charge is 0.485 e. The quantitative estimate of drug-likeness (QED) is 0.509. The minimum atomic E-state index is -4.41. The van der Waals surface area contributed by atoms with Crippen molar-refractivity contribution < 1.29 is 27.4 Å². The van der Waals surface area contributed by atoms with Crippen LogP contribution in [0.25, 0.3) is 0 Å². The number of carbonyl (C=O) groups is 1. The van der Waals surface area contributed by atoms with Crippen molar-refractivity contribution in [1.82, 2.24) is 0 Å². The van der Waals surface area contributed by atoms with Gasteiger partial charge in [-0.15, -0.1) is 0 Å². The first-order chi connectivity index (χ1) is 15.1. The predicted octanol–water partition coefficient (Wildman–Crippen LogP) is 6.25. The standard InChI is InChI=1S/C25H22F3NO3/c1-24(2)14-18-4-3-5-21(22(18)32-24)31-15-16-6-8-17(9-7-16)23(30)29-20-12-10-19(11-13-20)25(26,27)28/h3-13H,14-15H2,1-2H3,(H,29,30). The second-order valence-electron chi connectivity index (χ2n) is 8.30. The van der Waals surface area contributed by atoms with E-state index in [-0.39, 0.29) is 11.3 Å². The zero-order chi connectivity index (χ0) is 22.9. The Morgan fingerprint density at radius 1 is 1.03 bits per heavy atom. The number of fused-ring (bicyclic) bond motifs is 1. The van der Waals surface area contributed by atoms with Crippen LogP contribution >= 0.6 is 0 Å². The summed E-state index contributed by atoms with van der Waals surface area (Å²) in [5.41, 5.74) is 1.63. The molecule has 3 aromatic rings. The first-order valence-electron chi connectivity index (χ1n) is 10.1. The zero-order valence-electron chi connectivity index (χ0n) is 17.6. The van der Waals surface area contributed by atoms with Gasteiger partial charge in [0.05, 0.1) is 5.56 Å². The maximum atomic E-state index is 12.7. The van der Waals surface area contributed by atoms with Crippen molar-refractivity contribution in [2.24, 2.45) is 0 Å². The van der Waals surface area contributed by atoms with Gasteiger partial charge in [0.25, 0.3) is 5.91 Å². The minimum absolute atomic E-state index is 0.260. The van der Waals surface area contributed by atoms with Crippen LogP contribution in [0.2, 0.25) is 0 Å². The highest BCUT2D eigenvalue weighted by atomic mass is 19.4. The molecule has 1 amide bonds. The van der Waals surface area contributed by atoms with Crippen LogP contribution in [0.3, 0.4) is 0 Å². The van der Waals surface area contributed by atoms with Gasteiger partial charge in [0.15, 0.2) is 11.5 Å². The molecule has 4 rings (SSSR count). The number of para-hydroxylation sites is 1. The number of anilines is 1. The number of hydrogen-bond donors (Lipinski definition) is 1. The fourth-order valence-corrected chi connectivity index (χ4v) is 3.56. The van der Waals surface area contributed by atoms with Crippen molar-refractivity contribution in [3.8, 4) is 11.5 Å². The molecule has 32 heavy (non-hydrogen) atoms. The van der Waals surface area contributed by atoms with Gasteiger partial charge in [0.2, 0.25) is 0 Å². The number of amides is 1. The van der Waals surface area contributed by atoms with E-state index in [2.05, 4.69) is 5.32 Å². The van der Waals surface area contributed by atoms with E-state index in [9.17, 15) is 18.0 Å². The molecule has 0 atom stereocenters. The Balaban J connectivity index is 1.37. The van der Waals surface area contributed by atoms with Crippen LogP contribution in [0.1, 0.15) is 40.9 Å².